The number of benzene rings is 4. The fraction of sp³-hybridized carbons (Fsp3) is 0. The molecule has 0 aliphatic heterocycles. The standard InChI is InChI=1S/2C19H12N2O2.Co/c2*22-19(23)15-6-2-1-5-14(15)16-10-9-13-8-7-12-4-3-11-20-17(12)18(13)21-16;/h2*1-11H,(H,22,23);. The maximum atomic E-state index is 11.4. The Labute approximate surface area is 278 Å². The molecule has 0 saturated carbocycles. The van der Waals surface area contributed by atoms with Gasteiger partial charge in [-0.05, 0) is 36.4 Å². The number of nitrogens with zero attached hydrogens (tertiary/aromatic N) is 4. The average Bonchev–Trinajstić information content (AvgIpc) is 3.11. The van der Waals surface area contributed by atoms with Crippen LogP contribution in [0.2, 0.25) is 0 Å². The second-order valence-electron chi connectivity index (χ2n) is 10.5. The zero-order valence-electron chi connectivity index (χ0n) is 24.5. The van der Waals surface area contributed by atoms with E-state index in [2.05, 4.69) is 9.97 Å². The van der Waals surface area contributed by atoms with Crippen LogP contribution in [0, 0.1) is 0 Å². The minimum absolute atomic E-state index is 0. The van der Waals surface area contributed by atoms with Gasteiger partial charge in [-0.3, -0.25) is 9.97 Å². The average molecular weight is 660 g/mol. The first-order valence-corrected chi connectivity index (χ1v) is 14.4. The Hall–Kier alpha value is -6.03. The number of hydrogen-bond donors (Lipinski definition) is 2. The number of pyridine rings is 4. The van der Waals surface area contributed by atoms with Crippen molar-refractivity contribution >= 4 is 55.6 Å². The van der Waals surface area contributed by atoms with Gasteiger partial charge in [-0.1, -0.05) is 84.9 Å². The van der Waals surface area contributed by atoms with Crippen molar-refractivity contribution < 1.29 is 36.6 Å². The first kappa shape index (κ1) is 31.0. The molecule has 4 aromatic carbocycles. The van der Waals surface area contributed by atoms with Crippen molar-refractivity contribution in [3.05, 3.63) is 145 Å². The van der Waals surface area contributed by atoms with E-state index in [-0.39, 0.29) is 27.9 Å². The predicted octanol–water partition coefficient (Wildman–Crippen LogP) is 8.29. The molecule has 0 amide bonds. The Kier molecular flexibility index (Phi) is 8.66. The van der Waals surface area contributed by atoms with Crippen molar-refractivity contribution in [1.82, 2.24) is 19.9 Å². The van der Waals surface area contributed by atoms with Gasteiger partial charge in [-0.15, -0.1) is 0 Å². The molecule has 0 atom stereocenters. The number of rotatable bonds is 4. The second kappa shape index (κ2) is 13.1. The summed E-state index contributed by atoms with van der Waals surface area (Å²) in [5, 5.41) is 22.7. The summed E-state index contributed by atoms with van der Waals surface area (Å²) in [4.78, 5) is 41.1. The Morgan fingerprint density at radius 3 is 1.19 bits per heavy atom. The van der Waals surface area contributed by atoms with E-state index in [0.29, 0.717) is 22.5 Å². The molecule has 8 nitrogen and oxygen atoms in total. The van der Waals surface area contributed by atoms with Gasteiger partial charge in [0.1, 0.15) is 0 Å². The third-order valence-corrected chi connectivity index (χ3v) is 7.73. The van der Waals surface area contributed by atoms with Gasteiger partial charge in [0, 0.05) is 61.8 Å². The maximum absolute atomic E-state index is 11.4. The van der Waals surface area contributed by atoms with Crippen molar-refractivity contribution in [2.75, 3.05) is 0 Å². The van der Waals surface area contributed by atoms with Gasteiger partial charge < -0.3 is 10.2 Å². The van der Waals surface area contributed by atoms with Crippen LogP contribution in [-0.4, -0.2) is 42.1 Å². The predicted molar refractivity (Wildman–Crippen MR) is 179 cm³/mol. The summed E-state index contributed by atoms with van der Waals surface area (Å²) in [7, 11) is 0. The van der Waals surface area contributed by atoms with E-state index < -0.39 is 11.9 Å². The molecular formula is C38H24CoN4O4. The Balaban J connectivity index is 0.000000161. The van der Waals surface area contributed by atoms with Crippen molar-refractivity contribution in [2.45, 2.75) is 0 Å². The van der Waals surface area contributed by atoms with E-state index in [9.17, 15) is 19.8 Å². The van der Waals surface area contributed by atoms with Crippen LogP contribution < -0.4 is 0 Å². The molecule has 4 aromatic heterocycles. The number of fused-ring (bicyclic) bond motifs is 6. The van der Waals surface area contributed by atoms with Crippen molar-refractivity contribution in [3.8, 4) is 22.5 Å². The van der Waals surface area contributed by atoms with E-state index in [1.54, 1.807) is 48.8 Å². The molecular weight excluding hydrogens is 635 g/mol. The van der Waals surface area contributed by atoms with Crippen molar-refractivity contribution in [3.63, 3.8) is 0 Å². The van der Waals surface area contributed by atoms with E-state index in [1.807, 2.05) is 84.9 Å². The second-order valence-corrected chi connectivity index (χ2v) is 10.5. The Bertz CT molecular complexity index is 2290. The van der Waals surface area contributed by atoms with Gasteiger partial charge in [0.2, 0.25) is 0 Å². The molecule has 8 rings (SSSR count). The van der Waals surface area contributed by atoms with Crippen LogP contribution in [0.4, 0.5) is 0 Å². The molecule has 2 N–H and O–H groups in total. The van der Waals surface area contributed by atoms with Crippen LogP contribution >= 0.6 is 0 Å². The van der Waals surface area contributed by atoms with Gasteiger partial charge in [-0.2, -0.15) is 0 Å². The smallest absolute Gasteiger partial charge is 0.336 e. The SMILES string of the molecule is O=C(O)c1ccccc1-c1ccc2ccc3cccnc3c2n1.O=C(O)c1ccccc1-c1ccc2ccc3cccnc3c2n1.[Co]. The molecule has 0 aliphatic carbocycles. The number of hydrogen-bond acceptors (Lipinski definition) is 6. The number of carbonyl (C=O) groups is 2. The van der Waals surface area contributed by atoms with Crippen LogP contribution in [0.1, 0.15) is 20.7 Å². The van der Waals surface area contributed by atoms with Crippen LogP contribution in [0.5, 0.6) is 0 Å². The molecule has 0 saturated heterocycles. The van der Waals surface area contributed by atoms with Crippen molar-refractivity contribution in [2.24, 2.45) is 0 Å². The summed E-state index contributed by atoms with van der Waals surface area (Å²) >= 11 is 0. The van der Waals surface area contributed by atoms with Gasteiger partial charge in [-0.25, -0.2) is 19.6 Å². The summed E-state index contributed by atoms with van der Waals surface area (Å²) in [5.41, 5.74) is 6.16. The van der Waals surface area contributed by atoms with E-state index in [1.165, 1.54) is 0 Å². The number of carboxylic acids is 2. The molecule has 9 heteroatoms. The minimum Gasteiger partial charge on any atom is -0.478 e. The monoisotopic (exact) mass is 659 g/mol. The Morgan fingerprint density at radius 2 is 0.787 bits per heavy atom. The van der Waals surface area contributed by atoms with Crippen molar-refractivity contribution in [1.29, 1.82) is 0 Å². The molecule has 1 radical (unpaired) electrons. The van der Waals surface area contributed by atoms with Gasteiger partial charge in [0.15, 0.2) is 0 Å². The summed E-state index contributed by atoms with van der Waals surface area (Å²) < 4.78 is 0. The first-order valence-electron chi connectivity index (χ1n) is 14.4. The van der Waals surface area contributed by atoms with E-state index in [4.69, 9.17) is 9.97 Å². The fourth-order valence-electron chi connectivity index (χ4n) is 5.53. The summed E-state index contributed by atoms with van der Waals surface area (Å²) in [5.74, 6) is -1.92. The van der Waals surface area contributed by atoms with Gasteiger partial charge in [0.25, 0.3) is 0 Å². The third-order valence-electron chi connectivity index (χ3n) is 7.73. The zero-order valence-corrected chi connectivity index (χ0v) is 25.6. The fourth-order valence-corrected chi connectivity index (χ4v) is 5.53. The molecule has 4 heterocycles. The normalized spacial score (nSPS) is 10.7. The number of carboxylic acid groups (broad SMARTS) is 2. The summed E-state index contributed by atoms with van der Waals surface area (Å²) in [6.07, 6.45) is 3.47. The summed E-state index contributed by atoms with van der Waals surface area (Å²) in [6, 6.07) is 37.1. The molecule has 0 bridgehead atoms. The van der Waals surface area contributed by atoms with Crippen LogP contribution in [-0.2, 0) is 16.8 Å². The van der Waals surface area contributed by atoms with Crippen LogP contribution in [0.25, 0.3) is 66.1 Å². The third kappa shape index (κ3) is 6.00. The maximum Gasteiger partial charge on any atom is 0.336 e. The summed E-state index contributed by atoms with van der Waals surface area (Å²) in [6.45, 7) is 0. The quantitative estimate of drug-likeness (QED) is 0.181. The largest absolute Gasteiger partial charge is 0.478 e. The molecule has 0 spiro atoms. The molecule has 0 fully saturated rings. The minimum atomic E-state index is -0.960. The molecule has 229 valence electrons. The van der Waals surface area contributed by atoms with Gasteiger partial charge >= 0.3 is 11.9 Å². The molecule has 8 aromatic rings. The van der Waals surface area contributed by atoms with E-state index >= 15 is 0 Å². The van der Waals surface area contributed by atoms with Crippen LogP contribution in [0.3, 0.4) is 0 Å². The first-order chi connectivity index (χ1) is 22.5. The molecule has 47 heavy (non-hydrogen) atoms. The number of aromatic nitrogens is 4. The van der Waals surface area contributed by atoms with Crippen LogP contribution in [0.15, 0.2) is 134 Å². The Morgan fingerprint density at radius 1 is 0.426 bits per heavy atom. The molecule has 0 unspecified atom stereocenters. The zero-order chi connectivity index (χ0) is 31.6. The van der Waals surface area contributed by atoms with Gasteiger partial charge in [0.05, 0.1) is 44.6 Å². The van der Waals surface area contributed by atoms with E-state index in [0.717, 1.165) is 43.6 Å². The molecule has 0 aliphatic rings. The topological polar surface area (TPSA) is 126 Å². The number of aromatic carboxylic acids is 2.